The minimum Gasteiger partial charge on any atom is -0.481 e. The Labute approximate surface area is 127 Å². The number of carbonyl (C=O) groups is 3. The molecule has 0 heterocycles. The summed E-state index contributed by atoms with van der Waals surface area (Å²) in [6.45, 7) is 1.37. The van der Waals surface area contributed by atoms with Crippen LogP contribution in [0, 0.1) is 11.3 Å². The first kappa shape index (κ1) is 16.9. The zero-order valence-electron chi connectivity index (χ0n) is 11.9. The molecular formula is C15H15N3O4. The summed E-state index contributed by atoms with van der Waals surface area (Å²) in [6.07, 6.45) is 0.980. The van der Waals surface area contributed by atoms with E-state index in [-0.39, 0.29) is 24.3 Å². The van der Waals surface area contributed by atoms with Crippen LogP contribution >= 0.6 is 0 Å². The lowest BCUT2D eigenvalue weighted by atomic mass is 10.1. The molecule has 22 heavy (non-hydrogen) atoms. The second-order valence-electron chi connectivity index (χ2n) is 4.35. The van der Waals surface area contributed by atoms with Gasteiger partial charge in [-0.1, -0.05) is 12.1 Å². The molecule has 1 aromatic rings. The van der Waals surface area contributed by atoms with Gasteiger partial charge in [0.2, 0.25) is 0 Å². The average Bonchev–Trinajstić information content (AvgIpc) is 2.47. The fraction of sp³-hybridized carbons (Fsp3) is 0.200. The van der Waals surface area contributed by atoms with Gasteiger partial charge in [-0.2, -0.15) is 5.26 Å². The number of ketones is 1. The lowest BCUT2D eigenvalue weighted by Gasteiger charge is -2.05. The standard InChI is InChI=1S/C15H15N3O4/c1-10(19)11-3-2-4-13(7-11)18-9-12(8-16)15(22)17-6-5-14(20)21/h2-4,7,9,18H,5-6H2,1H3,(H,17,22)(H,20,21)/b12-9-. The van der Waals surface area contributed by atoms with Crippen LogP contribution in [0.15, 0.2) is 36.0 Å². The molecule has 0 fully saturated rings. The fourth-order valence-corrected chi connectivity index (χ4v) is 1.51. The van der Waals surface area contributed by atoms with E-state index in [0.29, 0.717) is 11.3 Å². The number of carboxylic acid groups (broad SMARTS) is 1. The van der Waals surface area contributed by atoms with Gasteiger partial charge in [-0.15, -0.1) is 0 Å². The number of nitrogens with zero attached hydrogens (tertiary/aromatic N) is 1. The van der Waals surface area contributed by atoms with E-state index in [1.807, 2.05) is 0 Å². The van der Waals surface area contributed by atoms with Crippen LogP contribution in [-0.2, 0) is 9.59 Å². The van der Waals surface area contributed by atoms with Crippen LogP contribution in [0.3, 0.4) is 0 Å². The van der Waals surface area contributed by atoms with E-state index in [0.717, 1.165) is 0 Å². The molecule has 0 radical (unpaired) electrons. The van der Waals surface area contributed by atoms with Crippen molar-refractivity contribution < 1.29 is 19.5 Å². The maximum Gasteiger partial charge on any atom is 0.305 e. The van der Waals surface area contributed by atoms with E-state index in [2.05, 4.69) is 10.6 Å². The van der Waals surface area contributed by atoms with Gasteiger partial charge in [0, 0.05) is 24.0 Å². The Morgan fingerprint density at radius 1 is 1.36 bits per heavy atom. The molecule has 1 amide bonds. The number of amides is 1. The zero-order chi connectivity index (χ0) is 16.5. The molecule has 3 N–H and O–H groups in total. The van der Waals surface area contributed by atoms with Crippen molar-refractivity contribution in [1.82, 2.24) is 5.32 Å². The maximum absolute atomic E-state index is 11.7. The Hall–Kier alpha value is -3.14. The van der Waals surface area contributed by atoms with Crippen molar-refractivity contribution in [3.8, 4) is 6.07 Å². The number of nitriles is 1. The molecule has 0 spiro atoms. The summed E-state index contributed by atoms with van der Waals surface area (Å²) in [5.41, 5.74) is 0.861. The summed E-state index contributed by atoms with van der Waals surface area (Å²) >= 11 is 0. The molecule has 0 saturated carbocycles. The van der Waals surface area contributed by atoms with Gasteiger partial charge in [-0.25, -0.2) is 0 Å². The Balaban J connectivity index is 2.71. The highest BCUT2D eigenvalue weighted by atomic mass is 16.4. The highest BCUT2D eigenvalue weighted by Crippen LogP contribution is 2.11. The topological polar surface area (TPSA) is 119 Å². The minimum absolute atomic E-state index is 0.0625. The van der Waals surface area contributed by atoms with E-state index in [4.69, 9.17) is 10.4 Å². The number of Topliss-reactive ketones (excluding diaryl/α,β-unsaturated/α-hetero) is 1. The fourth-order valence-electron chi connectivity index (χ4n) is 1.51. The second-order valence-corrected chi connectivity index (χ2v) is 4.35. The normalized spacial score (nSPS) is 10.5. The number of carbonyl (C=O) groups excluding carboxylic acids is 2. The number of hydrogen-bond acceptors (Lipinski definition) is 5. The molecule has 0 bridgehead atoms. The van der Waals surface area contributed by atoms with E-state index in [1.165, 1.54) is 13.1 Å². The van der Waals surface area contributed by atoms with Crippen molar-refractivity contribution in [2.75, 3.05) is 11.9 Å². The summed E-state index contributed by atoms with van der Waals surface area (Å²) < 4.78 is 0. The lowest BCUT2D eigenvalue weighted by molar-refractivity contribution is -0.136. The van der Waals surface area contributed by atoms with E-state index in [1.54, 1.807) is 30.3 Å². The maximum atomic E-state index is 11.7. The summed E-state index contributed by atoms with van der Waals surface area (Å²) in [5, 5.41) is 22.5. The van der Waals surface area contributed by atoms with Crippen molar-refractivity contribution in [2.45, 2.75) is 13.3 Å². The number of hydrogen-bond donors (Lipinski definition) is 3. The smallest absolute Gasteiger partial charge is 0.305 e. The van der Waals surface area contributed by atoms with Crippen molar-refractivity contribution in [1.29, 1.82) is 5.26 Å². The summed E-state index contributed by atoms with van der Waals surface area (Å²) in [4.78, 5) is 33.3. The summed E-state index contributed by atoms with van der Waals surface area (Å²) in [5.74, 6) is -1.81. The first-order chi connectivity index (χ1) is 10.4. The summed E-state index contributed by atoms with van der Waals surface area (Å²) in [7, 11) is 0. The number of carboxylic acids is 1. The first-order valence-corrected chi connectivity index (χ1v) is 6.42. The number of aliphatic carboxylic acids is 1. The Morgan fingerprint density at radius 2 is 2.09 bits per heavy atom. The second kappa shape index (κ2) is 8.21. The highest BCUT2D eigenvalue weighted by molar-refractivity contribution is 5.98. The third-order valence-electron chi connectivity index (χ3n) is 2.64. The zero-order valence-corrected chi connectivity index (χ0v) is 11.9. The predicted molar refractivity (Wildman–Crippen MR) is 79.0 cm³/mol. The molecule has 0 aromatic heterocycles. The Kier molecular flexibility index (Phi) is 6.32. The van der Waals surface area contributed by atoms with Crippen LogP contribution in [0.5, 0.6) is 0 Å². The van der Waals surface area contributed by atoms with Gasteiger partial charge in [0.15, 0.2) is 5.78 Å². The van der Waals surface area contributed by atoms with Crippen LogP contribution in [0.25, 0.3) is 0 Å². The SMILES string of the molecule is CC(=O)c1cccc(N/C=C(/C#N)C(=O)NCCC(=O)O)c1. The monoisotopic (exact) mass is 301 g/mol. The Morgan fingerprint density at radius 3 is 2.68 bits per heavy atom. The van der Waals surface area contributed by atoms with Gasteiger partial charge in [0.25, 0.3) is 5.91 Å². The predicted octanol–water partition coefficient (Wildman–Crippen LogP) is 1.30. The average molecular weight is 301 g/mol. The van der Waals surface area contributed by atoms with Crippen molar-refractivity contribution in [3.05, 3.63) is 41.6 Å². The lowest BCUT2D eigenvalue weighted by Crippen LogP contribution is -2.27. The Bertz CT molecular complexity index is 659. The van der Waals surface area contributed by atoms with Crippen LogP contribution in [0.4, 0.5) is 5.69 Å². The van der Waals surface area contributed by atoms with E-state index in [9.17, 15) is 14.4 Å². The molecule has 1 aromatic carbocycles. The third-order valence-corrected chi connectivity index (χ3v) is 2.64. The van der Waals surface area contributed by atoms with Gasteiger partial charge in [0.05, 0.1) is 6.42 Å². The number of nitrogens with one attached hydrogen (secondary N) is 2. The van der Waals surface area contributed by atoms with Gasteiger partial charge in [0.1, 0.15) is 11.6 Å². The minimum atomic E-state index is -1.04. The number of rotatable bonds is 7. The van der Waals surface area contributed by atoms with Gasteiger partial charge in [-0.05, 0) is 19.1 Å². The first-order valence-electron chi connectivity index (χ1n) is 6.42. The van der Waals surface area contributed by atoms with Crippen LogP contribution < -0.4 is 10.6 Å². The number of benzene rings is 1. The molecule has 114 valence electrons. The quantitative estimate of drug-likeness (QED) is 0.397. The van der Waals surface area contributed by atoms with Crippen molar-refractivity contribution in [3.63, 3.8) is 0 Å². The molecule has 0 unspecified atom stereocenters. The van der Waals surface area contributed by atoms with Gasteiger partial charge in [-0.3, -0.25) is 14.4 Å². The molecular weight excluding hydrogens is 286 g/mol. The molecule has 1 rings (SSSR count). The summed E-state index contributed by atoms with van der Waals surface area (Å²) in [6, 6.07) is 8.32. The largest absolute Gasteiger partial charge is 0.481 e. The highest BCUT2D eigenvalue weighted by Gasteiger charge is 2.09. The molecule has 0 aliphatic carbocycles. The van der Waals surface area contributed by atoms with Gasteiger partial charge < -0.3 is 15.7 Å². The molecule has 0 aliphatic rings. The van der Waals surface area contributed by atoms with Crippen LogP contribution in [0.1, 0.15) is 23.7 Å². The van der Waals surface area contributed by atoms with Crippen molar-refractivity contribution in [2.24, 2.45) is 0 Å². The van der Waals surface area contributed by atoms with E-state index >= 15 is 0 Å². The third kappa shape index (κ3) is 5.46. The molecule has 0 aliphatic heterocycles. The van der Waals surface area contributed by atoms with Gasteiger partial charge >= 0.3 is 5.97 Å². The molecule has 0 atom stereocenters. The molecule has 7 heteroatoms. The molecule has 0 saturated heterocycles. The molecule has 7 nitrogen and oxygen atoms in total. The van der Waals surface area contributed by atoms with E-state index < -0.39 is 11.9 Å². The number of anilines is 1. The van der Waals surface area contributed by atoms with Crippen LogP contribution in [-0.4, -0.2) is 29.3 Å². The van der Waals surface area contributed by atoms with Crippen molar-refractivity contribution >= 4 is 23.3 Å². The van der Waals surface area contributed by atoms with Crippen LogP contribution in [0.2, 0.25) is 0 Å².